The van der Waals surface area contributed by atoms with Crippen LogP contribution < -0.4 is 56.3 Å². The van der Waals surface area contributed by atoms with Crippen molar-refractivity contribution in [3.8, 4) is 0 Å². The molecule has 0 aromatic carbocycles. The minimum atomic E-state index is -4.41. The van der Waals surface area contributed by atoms with Gasteiger partial charge in [0.1, 0.15) is 0 Å². The van der Waals surface area contributed by atoms with E-state index in [0.29, 0.717) is 0 Å². The van der Waals surface area contributed by atoms with Crippen molar-refractivity contribution < 1.29 is 75.0 Å². The first kappa shape index (κ1) is 39.1. The van der Waals surface area contributed by atoms with Crippen molar-refractivity contribution in [2.75, 3.05) is 19.1 Å². The van der Waals surface area contributed by atoms with Gasteiger partial charge in [0.05, 0.1) is 25.2 Å². The molecular weight excluding hydrogens is 510 g/mol. The molecule has 0 rings (SSSR count). The zero-order valence-electron chi connectivity index (χ0n) is 23.3. The summed E-state index contributed by atoms with van der Waals surface area (Å²) in [6.45, 7) is 4.31. The molecule has 0 bridgehead atoms. The second kappa shape index (κ2) is 29.0. The predicted molar refractivity (Wildman–Crippen MR) is 143 cm³/mol. The van der Waals surface area contributed by atoms with Crippen LogP contribution in [0.3, 0.4) is 0 Å². The van der Waals surface area contributed by atoms with Crippen LogP contribution in [0, 0.1) is 5.92 Å². The van der Waals surface area contributed by atoms with Crippen LogP contribution in [0.2, 0.25) is 0 Å². The molecule has 0 saturated heterocycles. The van der Waals surface area contributed by atoms with E-state index in [-0.39, 0.29) is 76.4 Å². The Hall–Kier alpha value is 2.00. The van der Waals surface area contributed by atoms with Crippen LogP contribution in [0.25, 0.3) is 0 Å². The fourth-order valence-electron chi connectivity index (χ4n) is 4.25. The topological polar surface area (TPSA) is 78.8 Å². The van der Waals surface area contributed by atoms with Crippen molar-refractivity contribution in [2.24, 2.45) is 5.92 Å². The Bertz CT molecular complexity index is 473. The fraction of sp³-hybridized carbons (Fsp3) is 1.00. The van der Waals surface area contributed by atoms with Crippen LogP contribution in [-0.4, -0.2) is 30.3 Å². The summed E-state index contributed by atoms with van der Waals surface area (Å²) in [7, 11) is -4.41. The number of rotatable bonds is 27. The summed E-state index contributed by atoms with van der Waals surface area (Å²) < 4.78 is 22.0. The SMILES string of the molecule is CCCCCCCCCCCCC(CCCCCCCCCC)COP(=O)([O-])OCC(O)CCl.[K+]. The first-order valence-electron chi connectivity index (χ1n) is 14.3. The van der Waals surface area contributed by atoms with Crippen molar-refractivity contribution in [3.63, 3.8) is 0 Å². The molecule has 35 heavy (non-hydrogen) atoms. The molecular formula is C27H55ClKO5P. The normalized spacial score (nSPS) is 14.9. The van der Waals surface area contributed by atoms with Crippen molar-refractivity contribution in [3.05, 3.63) is 0 Å². The Balaban J connectivity index is 0. The summed E-state index contributed by atoms with van der Waals surface area (Å²) in [6.07, 6.45) is 24.1. The molecule has 0 aromatic heterocycles. The van der Waals surface area contributed by atoms with Crippen molar-refractivity contribution in [1.82, 2.24) is 0 Å². The molecule has 0 aliphatic rings. The second-order valence-corrected chi connectivity index (χ2v) is 11.7. The Kier molecular flexibility index (Phi) is 32.4. The Morgan fingerprint density at radius 2 is 1.03 bits per heavy atom. The van der Waals surface area contributed by atoms with Gasteiger partial charge in [-0.15, -0.1) is 11.6 Å². The van der Waals surface area contributed by atoms with Crippen LogP contribution >= 0.6 is 19.4 Å². The first-order chi connectivity index (χ1) is 16.4. The number of hydrogen-bond donors (Lipinski definition) is 1. The average Bonchev–Trinajstić information content (AvgIpc) is 2.83. The number of phosphoric acid groups is 1. The van der Waals surface area contributed by atoms with Crippen molar-refractivity contribution in [1.29, 1.82) is 0 Å². The molecule has 3 unspecified atom stereocenters. The molecule has 1 N–H and O–H groups in total. The number of phosphoric ester groups is 1. The standard InChI is InChI=1S/C27H56ClO5P.K/c1-3-5-7-9-11-13-14-16-18-20-22-26(21-19-17-15-12-10-8-6-4-2)24-32-34(30,31)33-25-27(29)23-28;/h26-27,29H,3-25H2,1-2H3,(H,30,31);/q;+1/p-1. The fourth-order valence-corrected chi connectivity index (χ4v) is 5.17. The molecule has 8 heteroatoms. The summed E-state index contributed by atoms with van der Waals surface area (Å²) in [5, 5.41) is 9.42. The van der Waals surface area contributed by atoms with Gasteiger partial charge in [-0.1, -0.05) is 129 Å². The van der Waals surface area contributed by atoms with Crippen LogP contribution in [-0.2, 0) is 13.6 Å². The smallest absolute Gasteiger partial charge is 0.756 e. The number of hydrogen-bond acceptors (Lipinski definition) is 5. The molecule has 0 spiro atoms. The van der Waals surface area contributed by atoms with Gasteiger partial charge in [-0.3, -0.25) is 4.57 Å². The van der Waals surface area contributed by atoms with E-state index < -0.39 is 13.9 Å². The van der Waals surface area contributed by atoms with Gasteiger partial charge in [0.15, 0.2) is 0 Å². The third-order valence-electron chi connectivity index (χ3n) is 6.50. The van der Waals surface area contributed by atoms with E-state index in [1.807, 2.05) is 0 Å². The number of aliphatic hydroxyl groups is 1. The number of alkyl halides is 1. The van der Waals surface area contributed by atoms with E-state index in [1.165, 1.54) is 103 Å². The Morgan fingerprint density at radius 1 is 0.686 bits per heavy atom. The van der Waals surface area contributed by atoms with Gasteiger partial charge < -0.3 is 19.0 Å². The predicted octanol–water partition coefficient (Wildman–Crippen LogP) is 5.55. The average molecular weight is 565 g/mol. The zero-order chi connectivity index (χ0) is 25.3. The van der Waals surface area contributed by atoms with E-state index in [0.717, 1.165) is 25.7 Å². The minimum absolute atomic E-state index is 0. The van der Waals surface area contributed by atoms with Crippen LogP contribution in [0.5, 0.6) is 0 Å². The second-order valence-electron chi connectivity index (χ2n) is 9.95. The molecule has 5 nitrogen and oxygen atoms in total. The van der Waals surface area contributed by atoms with E-state index in [9.17, 15) is 14.6 Å². The summed E-state index contributed by atoms with van der Waals surface area (Å²) in [5.74, 6) is 0.165. The maximum atomic E-state index is 12.0. The number of aliphatic hydroxyl groups excluding tert-OH is 1. The van der Waals surface area contributed by atoms with Gasteiger partial charge in [0.2, 0.25) is 0 Å². The molecule has 0 aliphatic carbocycles. The molecule has 0 amide bonds. The van der Waals surface area contributed by atoms with Gasteiger partial charge in [-0.2, -0.15) is 0 Å². The largest absolute Gasteiger partial charge is 1.00 e. The van der Waals surface area contributed by atoms with E-state index in [2.05, 4.69) is 13.8 Å². The Morgan fingerprint density at radius 3 is 1.40 bits per heavy atom. The number of unbranched alkanes of at least 4 members (excludes halogenated alkanes) is 16. The molecule has 0 aromatic rings. The molecule has 206 valence electrons. The third-order valence-corrected chi connectivity index (χ3v) is 7.79. The van der Waals surface area contributed by atoms with Gasteiger partial charge in [-0.25, -0.2) is 0 Å². The van der Waals surface area contributed by atoms with Gasteiger partial charge in [-0.05, 0) is 18.8 Å². The molecule has 0 saturated carbocycles. The summed E-state index contributed by atoms with van der Waals surface area (Å²) >= 11 is 5.49. The van der Waals surface area contributed by atoms with E-state index >= 15 is 0 Å². The van der Waals surface area contributed by atoms with Crippen LogP contribution in [0.1, 0.15) is 142 Å². The monoisotopic (exact) mass is 564 g/mol. The molecule has 0 fully saturated rings. The number of halogens is 1. The van der Waals surface area contributed by atoms with E-state index in [4.69, 9.17) is 20.6 Å². The van der Waals surface area contributed by atoms with Gasteiger partial charge >= 0.3 is 51.4 Å². The minimum Gasteiger partial charge on any atom is -0.756 e. The quantitative estimate of drug-likeness (QED) is 0.0612. The van der Waals surface area contributed by atoms with Gasteiger partial charge in [0.25, 0.3) is 7.82 Å². The van der Waals surface area contributed by atoms with Gasteiger partial charge in [0, 0.05) is 0 Å². The molecule has 3 atom stereocenters. The van der Waals surface area contributed by atoms with Crippen molar-refractivity contribution >= 4 is 19.4 Å². The van der Waals surface area contributed by atoms with Crippen molar-refractivity contribution in [2.45, 2.75) is 148 Å². The summed E-state index contributed by atoms with van der Waals surface area (Å²) in [4.78, 5) is 12.0. The maximum Gasteiger partial charge on any atom is 1.00 e. The zero-order valence-corrected chi connectivity index (χ0v) is 28.1. The molecule has 0 aliphatic heterocycles. The Labute approximate surface area is 265 Å². The van der Waals surface area contributed by atoms with Crippen LogP contribution in [0.4, 0.5) is 0 Å². The van der Waals surface area contributed by atoms with Crippen LogP contribution in [0.15, 0.2) is 0 Å². The first-order valence-corrected chi connectivity index (χ1v) is 16.3. The maximum absolute atomic E-state index is 12.0. The molecule has 0 heterocycles. The third kappa shape index (κ3) is 28.8. The summed E-state index contributed by atoms with van der Waals surface area (Å²) in [5.41, 5.74) is 0. The summed E-state index contributed by atoms with van der Waals surface area (Å²) in [6, 6.07) is 0. The molecule has 0 radical (unpaired) electrons. The van der Waals surface area contributed by atoms with E-state index in [1.54, 1.807) is 0 Å².